The van der Waals surface area contributed by atoms with Crippen LogP contribution in [0.25, 0.3) is 0 Å². The van der Waals surface area contributed by atoms with Gasteiger partial charge in [0.15, 0.2) is 12.2 Å². The summed E-state index contributed by atoms with van der Waals surface area (Å²) in [5.74, 6) is 0.666. The molecule has 1 aliphatic heterocycles. The van der Waals surface area contributed by atoms with Crippen LogP contribution in [0.4, 0.5) is 5.82 Å². The maximum Gasteiger partial charge on any atom is 0.266 e. The van der Waals surface area contributed by atoms with Crippen LogP contribution in [0.2, 0.25) is 0 Å². The number of thiazole rings is 1. The molecule has 3 heterocycles. The van der Waals surface area contributed by atoms with Gasteiger partial charge >= 0.3 is 0 Å². The molecule has 2 aromatic heterocycles. The molecule has 0 fully saturated rings. The summed E-state index contributed by atoms with van der Waals surface area (Å²) in [4.78, 5) is 20.6. The monoisotopic (exact) mass is 483 g/mol. The van der Waals surface area contributed by atoms with Crippen LogP contribution in [-0.2, 0) is 23.0 Å². The number of aromatic nitrogens is 3. The third kappa shape index (κ3) is 5.56. The molecule has 0 saturated heterocycles. The van der Waals surface area contributed by atoms with Crippen LogP contribution in [0.15, 0.2) is 40.9 Å². The van der Waals surface area contributed by atoms with E-state index in [1.165, 1.54) is 17.0 Å². The van der Waals surface area contributed by atoms with E-state index in [1.54, 1.807) is 29.7 Å². The first kappa shape index (κ1) is 24.7. The lowest BCUT2D eigenvalue weighted by atomic mass is 10.2. The summed E-state index contributed by atoms with van der Waals surface area (Å²) in [6.45, 7) is 4.71. The smallest absolute Gasteiger partial charge is 0.266 e. The highest BCUT2D eigenvalue weighted by Gasteiger charge is 2.31. The summed E-state index contributed by atoms with van der Waals surface area (Å²) in [5.41, 5.74) is 10.2. The quantitative estimate of drug-likeness (QED) is 0.355. The number of aryl methyl sites for hydroxylation is 1. The van der Waals surface area contributed by atoms with Crippen LogP contribution in [0.3, 0.4) is 0 Å². The van der Waals surface area contributed by atoms with Gasteiger partial charge in [-0.25, -0.2) is 23.1 Å². The number of amides is 1. The molecule has 31 heavy (non-hydrogen) atoms. The molecule has 3 aromatic rings. The molecule has 1 aromatic carbocycles. The fraction of sp³-hybridized carbons (Fsp3) is 0.263. The van der Waals surface area contributed by atoms with Gasteiger partial charge in [0.2, 0.25) is 5.51 Å². The second-order valence-electron chi connectivity index (χ2n) is 6.59. The molecule has 0 unspecified atom stereocenters. The van der Waals surface area contributed by atoms with Gasteiger partial charge in [0.1, 0.15) is 16.5 Å². The van der Waals surface area contributed by atoms with E-state index >= 15 is 0 Å². The molecule has 0 saturated carbocycles. The molecule has 0 aliphatic carbocycles. The lowest BCUT2D eigenvalue weighted by Crippen LogP contribution is -3.00. The van der Waals surface area contributed by atoms with Gasteiger partial charge < -0.3 is 23.2 Å². The Balaban J connectivity index is 0.000000229. The van der Waals surface area contributed by atoms with Crippen LogP contribution >= 0.6 is 11.3 Å². The summed E-state index contributed by atoms with van der Waals surface area (Å²) < 4.78 is 26.3. The Morgan fingerprint density at radius 2 is 1.97 bits per heavy atom. The highest BCUT2D eigenvalue weighted by molar-refractivity contribution is 7.90. The SMILES string of the molecule is Cc1ncc(C[n+]2csc(CCO)c2C)c(N)n1.O=C1NS(=O)(=O)c2ccccc21.[Cl-]. The van der Waals surface area contributed by atoms with Crippen molar-refractivity contribution < 1.29 is 35.3 Å². The van der Waals surface area contributed by atoms with E-state index in [0.29, 0.717) is 24.6 Å². The van der Waals surface area contributed by atoms with Crippen molar-refractivity contribution in [2.75, 3.05) is 12.3 Å². The normalized spacial score (nSPS) is 13.5. The fourth-order valence-corrected chi connectivity index (χ4v) is 5.04. The Labute approximate surface area is 190 Å². The average molecular weight is 484 g/mol. The number of anilines is 1. The number of nitrogens with two attached hydrogens (primary N) is 1. The number of sulfonamides is 1. The van der Waals surface area contributed by atoms with Gasteiger partial charge in [0.25, 0.3) is 15.9 Å². The number of nitrogens with zero attached hydrogens (tertiary/aromatic N) is 3. The zero-order chi connectivity index (χ0) is 21.9. The van der Waals surface area contributed by atoms with E-state index in [4.69, 9.17) is 10.8 Å². The van der Waals surface area contributed by atoms with E-state index in [-0.39, 0.29) is 29.5 Å². The predicted octanol–water partition coefficient (Wildman–Crippen LogP) is -2.27. The van der Waals surface area contributed by atoms with Gasteiger partial charge in [-0.1, -0.05) is 23.5 Å². The third-order valence-corrected chi connectivity index (χ3v) is 7.04. The molecule has 4 rings (SSSR count). The number of nitrogens with one attached hydrogen (secondary N) is 1. The summed E-state index contributed by atoms with van der Waals surface area (Å²) >= 11 is 1.65. The predicted molar refractivity (Wildman–Crippen MR) is 111 cm³/mol. The number of fused-ring (bicyclic) bond motifs is 1. The summed E-state index contributed by atoms with van der Waals surface area (Å²) in [5, 5.41) is 8.98. The van der Waals surface area contributed by atoms with E-state index in [9.17, 15) is 13.2 Å². The van der Waals surface area contributed by atoms with Crippen molar-refractivity contribution in [1.29, 1.82) is 0 Å². The number of hydrogen-bond donors (Lipinski definition) is 3. The summed E-state index contributed by atoms with van der Waals surface area (Å²) in [6.07, 6.45) is 2.47. The van der Waals surface area contributed by atoms with Crippen molar-refractivity contribution in [2.45, 2.75) is 31.7 Å². The van der Waals surface area contributed by atoms with Crippen molar-refractivity contribution in [3.8, 4) is 0 Å². The Bertz CT molecular complexity index is 1200. The highest BCUT2D eigenvalue weighted by atomic mass is 35.5. The van der Waals surface area contributed by atoms with Crippen LogP contribution in [-0.4, -0.2) is 36.0 Å². The van der Waals surface area contributed by atoms with Crippen LogP contribution < -0.4 is 27.4 Å². The van der Waals surface area contributed by atoms with Crippen molar-refractivity contribution in [3.63, 3.8) is 0 Å². The molecule has 0 spiro atoms. The lowest BCUT2D eigenvalue weighted by Gasteiger charge is -2.01. The Morgan fingerprint density at radius 1 is 1.26 bits per heavy atom. The van der Waals surface area contributed by atoms with Crippen LogP contribution in [0.5, 0.6) is 0 Å². The van der Waals surface area contributed by atoms with Gasteiger partial charge in [-0.15, -0.1) is 0 Å². The molecule has 1 amide bonds. The number of aliphatic hydroxyl groups is 1. The molecule has 9 nitrogen and oxygen atoms in total. The van der Waals surface area contributed by atoms with E-state index in [0.717, 1.165) is 11.3 Å². The zero-order valence-corrected chi connectivity index (χ0v) is 19.3. The van der Waals surface area contributed by atoms with Gasteiger partial charge in [-0.3, -0.25) is 4.79 Å². The van der Waals surface area contributed by atoms with Crippen molar-refractivity contribution >= 4 is 33.1 Å². The molecular weight excluding hydrogens is 462 g/mol. The molecule has 4 N–H and O–H groups in total. The maximum atomic E-state index is 11.1. The van der Waals surface area contributed by atoms with Crippen molar-refractivity contribution in [2.24, 2.45) is 0 Å². The van der Waals surface area contributed by atoms with Gasteiger partial charge in [-0.05, 0) is 19.1 Å². The second kappa shape index (κ2) is 10.1. The number of carbonyl (C=O) groups excluding carboxylic acids is 1. The molecule has 1 aliphatic rings. The number of aliphatic hydroxyl groups excluding tert-OH is 1. The number of carbonyl (C=O) groups is 1. The molecule has 12 heteroatoms. The first-order valence-electron chi connectivity index (χ1n) is 9.04. The van der Waals surface area contributed by atoms with Crippen LogP contribution in [0, 0.1) is 13.8 Å². The molecule has 0 radical (unpaired) electrons. The van der Waals surface area contributed by atoms with Crippen LogP contribution in [0.1, 0.15) is 32.3 Å². The Kier molecular flexibility index (Phi) is 8.07. The van der Waals surface area contributed by atoms with Gasteiger partial charge in [-0.2, -0.15) is 4.57 Å². The average Bonchev–Trinajstić information content (AvgIpc) is 3.15. The van der Waals surface area contributed by atoms with E-state index < -0.39 is 15.9 Å². The van der Waals surface area contributed by atoms with Crippen molar-refractivity contribution in [3.05, 3.63) is 63.5 Å². The maximum absolute atomic E-state index is 11.1. The minimum atomic E-state index is -3.55. The zero-order valence-electron chi connectivity index (χ0n) is 16.9. The van der Waals surface area contributed by atoms with Crippen molar-refractivity contribution in [1.82, 2.24) is 14.7 Å². The number of benzene rings is 1. The Hall–Kier alpha value is -2.60. The number of nitrogen functional groups attached to an aromatic ring is 1. The van der Waals surface area contributed by atoms with E-state index in [2.05, 4.69) is 14.5 Å². The molecular formula is C19H22ClN5O4S2. The molecule has 0 bridgehead atoms. The van der Waals surface area contributed by atoms with Gasteiger partial charge in [0, 0.05) is 26.1 Å². The number of halogens is 1. The minimum Gasteiger partial charge on any atom is -1.00 e. The first-order chi connectivity index (χ1) is 14.2. The molecule has 0 atom stereocenters. The topological polar surface area (TPSA) is 139 Å². The van der Waals surface area contributed by atoms with Gasteiger partial charge in [0.05, 0.1) is 16.0 Å². The minimum absolute atomic E-state index is 0. The second-order valence-corrected chi connectivity index (χ2v) is 9.18. The largest absolute Gasteiger partial charge is 1.00 e. The fourth-order valence-electron chi connectivity index (χ4n) is 2.89. The van der Waals surface area contributed by atoms with E-state index in [1.807, 2.05) is 24.1 Å². The molecule has 166 valence electrons. The highest BCUT2D eigenvalue weighted by Crippen LogP contribution is 2.20. The number of rotatable bonds is 4. The Morgan fingerprint density at radius 3 is 2.61 bits per heavy atom. The standard InChI is InChI=1S/C12H17N4OS.C7H5NO3S.ClH/c1-8-11(3-4-17)18-7-16(8)6-10-5-14-9(2)15-12(10)13;9-7-5-3-1-2-4-6(5)12(10,11)8-7;/h5,7,17H,3-4,6H2,1-2H3,(H2,13,14,15);1-4H,(H,8,9);1H/q+1;;/p-1. The summed E-state index contributed by atoms with van der Waals surface area (Å²) in [6, 6.07) is 6.09. The first-order valence-corrected chi connectivity index (χ1v) is 11.4. The lowest BCUT2D eigenvalue weighted by molar-refractivity contribution is -0.689. The number of hydrogen-bond acceptors (Lipinski definition) is 8. The summed E-state index contributed by atoms with van der Waals surface area (Å²) in [7, 11) is -3.55. The third-order valence-electron chi connectivity index (χ3n) is 4.50.